The summed E-state index contributed by atoms with van der Waals surface area (Å²) in [7, 11) is 0. The summed E-state index contributed by atoms with van der Waals surface area (Å²) >= 11 is 1.69. The number of hydrogen-bond donors (Lipinski definition) is 1. The van der Waals surface area contributed by atoms with Gasteiger partial charge in [0.2, 0.25) is 0 Å². The molecule has 1 aliphatic heterocycles. The highest BCUT2D eigenvalue weighted by atomic mass is 32.1. The van der Waals surface area contributed by atoms with Crippen molar-refractivity contribution in [1.82, 2.24) is 4.98 Å². The van der Waals surface area contributed by atoms with Crippen molar-refractivity contribution in [2.75, 3.05) is 18.1 Å². The minimum Gasteiger partial charge on any atom is -0.375 e. The molecular formula is C11H19N3OS. The van der Waals surface area contributed by atoms with Gasteiger partial charge in [0.15, 0.2) is 5.13 Å². The van der Waals surface area contributed by atoms with Gasteiger partial charge in [0.25, 0.3) is 0 Å². The van der Waals surface area contributed by atoms with Gasteiger partial charge in [0.05, 0.1) is 18.8 Å². The van der Waals surface area contributed by atoms with Crippen LogP contribution in [0.4, 0.5) is 5.13 Å². The zero-order valence-electron chi connectivity index (χ0n) is 9.85. The third-order valence-electron chi connectivity index (χ3n) is 2.93. The van der Waals surface area contributed by atoms with Crippen LogP contribution in [0, 0.1) is 0 Å². The van der Waals surface area contributed by atoms with Crippen LogP contribution in [0.25, 0.3) is 0 Å². The predicted molar refractivity (Wildman–Crippen MR) is 66.8 cm³/mol. The van der Waals surface area contributed by atoms with Gasteiger partial charge in [0, 0.05) is 24.2 Å². The maximum absolute atomic E-state index is 5.68. The van der Waals surface area contributed by atoms with Crippen molar-refractivity contribution in [2.45, 2.75) is 39.0 Å². The van der Waals surface area contributed by atoms with Gasteiger partial charge in [-0.3, -0.25) is 0 Å². The molecule has 0 amide bonds. The first kappa shape index (κ1) is 11.8. The van der Waals surface area contributed by atoms with E-state index in [9.17, 15) is 0 Å². The van der Waals surface area contributed by atoms with Crippen LogP contribution < -0.4 is 10.6 Å². The Labute approximate surface area is 100 Å². The second-order valence-electron chi connectivity index (χ2n) is 4.17. The number of rotatable bonds is 3. The van der Waals surface area contributed by atoms with Crippen molar-refractivity contribution in [3.8, 4) is 0 Å². The Morgan fingerprint density at radius 1 is 1.69 bits per heavy atom. The Hall–Kier alpha value is -0.650. The normalized spacial score (nSPS) is 26.1. The van der Waals surface area contributed by atoms with Gasteiger partial charge in [-0.25, -0.2) is 4.98 Å². The lowest BCUT2D eigenvalue weighted by Crippen LogP contribution is -2.48. The summed E-state index contributed by atoms with van der Waals surface area (Å²) in [5, 5.41) is 1.09. The van der Waals surface area contributed by atoms with Gasteiger partial charge in [-0.1, -0.05) is 6.92 Å². The van der Waals surface area contributed by atoms with Gasteiger partial charge in [-0.15, -0.1) is 11.3 Å². The summed E-state index contributed by atoms with van der Waals surface area (Å²) in [5.41, 5.74) is 5.61. The van der Waals surface area contributed by atoms with Crippen LogP contribution in [0.5, 0.6) is 0 Å². The lowest BCUT2D eigenvalue weighted by atomic mass is 10.1. The highest BCUT2D eigenvalue weighted by molar-refractivity contribution is 7.15. The fraction of sp³-hybridized carbons (Fsp3) is 0.727. The Morgan fingerprint density at radius 3 is 3.12 bits per heavy atom. The number of nitrogens with zero attached hydrogens (tertiary/aromatic N) is 2. The maximum Gasteiger partial charge on any atom is 0.185 e. The topological polar surface area (TPSA) is 51.4 Å². The molecule has 0 bridgehead atoms. The fourth-order valence-electron chi connectivity index (χ4n) is 1.94. The van der Waals surface area contributed by atoms with Crippen LogP contribution in [0.2, 0.25) is 0 Å². The first-order valence-corrected chi connectivity index (χ1v) is 6.59. The van der Waals surface area contributed by atoms with E-state index in [1.165, 1.54) is 0 Å². The molecule has 90 valence electrons. The van der Waals surface area contributed by atoms with E-state index in [4.69, 9.17) is 10.5 Å². The third kappa shape index (κ3) is 2.36. The molecule has 16 heavy (non-hydrogen) atoms. The Bertz CT molecular complexity index is 342. The van der Waals surface area contributed by atoms with Crippen LogP contribution in [0.15, 0.2) is 6.20 Å². The molecule has 2 heterocycles. The van der Waals surface area contributed by atoms with Crippen LogP contribution in [0.1, 0.15) is 25.1 Å². The van der Waals surface area contributed by atoms with Gasteiger partial charge >= 0.3 is 0 Å². The number of nitrogens with two attached hydrogens (primary N) is 1. The van der Waals surface area contributed by atoms with E-state index in [0.717, 1.165) is 29.6 Å². The summed E-state index contributed by atoms with van der Waals surface area (Å²) in [5.74, 6) is 0. The van der Waals surface area contributed by atoms with Crippen molar-refractivity contribution in [3.63, 3.8) is 0 Å². The zero-order chi connectivity index (χ0) is 11.5. The Kier molecular flexibility index (Phi) is 3.78. The first-order chi connectivity index (χ1) is 7.74. The second-order valence-corrected chi connectivity index (χ2v) is 5.27. The summed E-state index contributed by atoms with van der Waals surface area (Å²) in [6, 6.07) is 0.452. The first-order valence-electron chi connectivity index (χ1n) is 5.77. The molecule has 2 atom stereocenters. The van der Waals surface area contributed by atoms with Crippen LogP contribution in [0.3, 0.4) is 0 Å². The van der Waals surface area contributed by atoms with Gasteiger partial charge in [0.1, 0.15) is 0 Å². The quantitative estimate of drug-likeness (QED) is 0.873. The summed E-state index contributed by atoms with van der Waals surface area (Å²) in [6.07, 6.45) is 3.25. The third-order valence-corrected chi connectivity index (χ3v) is 3.98. The molecule has 5 heteroatoms. The molecule has 0 saturated carbocycles. The number of aromatic nitrogens is 1. The van der Waals surface area contributed by atoms with E-state index in [1.807, 2.05) is 6.20 Å². The number of morpholine rings is 1. The molecule has 0 aliphatic carbocycles. The van der Waals surface area contributed by atoms with Crippen LogP contribution in [-0.4, -0.2) is 30.3 Å². The number of ether oxygens (including phenoxy) is 1. The molecule has 1 aromatic rings. The molecular weight excluding hydrogens is 222 g/mol. The van der Waals surface area contributed by atoms with Gasteiger partial charge in [-0.2, -0.15) is 0 Å². The van der Waals surface area contributed by atoms with Crippen molar-refractivity contribution < 1.29 is 4.74 Å². The monoisotopic (exact) mass is 241 g/mol. The van der Waals surface area contributed by atoms with E-state index < -0.39 is 0 Å². The molecule has 0 aromatic carbocycles. The smallest absolute Gasteiger partial charge is 0.185 e. The standard InChI is InChI=1S/C11H19N3OS/c1-3-9-7-15-8(2)6-14(9)11-13-5-10(4-12)16-11/h5,8-9H,3-4,6-7,12H2,1-2H3. The Morgan fingerprint density at radius 2 is 2.50 bits per heavy atom. The fourth-order valence-corrected chi connectivity index (χ4v) is 2.81. The molecule has 1 saturated heterocycles. The molecule has 1 fully saturated rings. The predicted octanol–water partition coefficient (Wildman–Crippen LogP) is 1.61. The van der Waals surface area contributed by atoms with Crippen molar-refractivity contribution in [2.24, 2.45) is 5.73 Å². The van der Waals surface area contributed by atoms with E-state index in [-0.39, 0.29) is 6.10 Å². The zero-order valence-corrected chi connectivity index (χ0v) is 10.7. The molecule has 0 radical (unpaired) electrons. The largest absolute Gasteiger partial charge is 0.375 e. The van der Waals surface area contributed by atoms with E-state index >= 15 is 0 Å². The number of thiazole rings is 1. The SMILES string of the molecule is CCC1COC(C)CN1c1ncc(CN)s1. The molecule has 4 nitrogen and oxygen atoms in total. The van der Waals surface area contributed by atoms with Crippen molar-refractivity contribution in [1.29, 1.82) is 0 Å². The second kappa shape index (κ2) is 5.12. The Balaban J connectivity index is 2.15. The summed E-state index contributed by atoms with van der Waals surface area (Å²) in [6.45, 7) is 6.60. The molecule has 2 unspecified atom stereocenters. The van der Waals surface area contributed by atoms with Gasteiger partial charge in [-0.05, 0) is 13.3 Å². The van der Waals surface area contributed by atoms with Crippen molar-refractivity contribution >= 4 is 16.5 Å². The van der Waals surface area contributed by atoms with E-state index in [0.29, 0.717) is 12.6 Å². The summed E-state index contributed by atoms with van der Waals surface area (Å²) in [4.78, 5) is 7.95. The summed E-state index contributed by atoms with van der Waals surface area (Å²) < 4.78 is 5.68. The molecule has 2 N–H and O–H groups in total. The minimum absolute atomic E-state index is 0.285. The lowest BCUT2D eigenvalue weighted by molar-refractivity contribution is 0.0299. The minimum atomic E-state index is 0.285. The highest BCUT2D eigenvalue weighted by Gasteiger charge is 2.27. The number of anilines is 1. The molecule has 2 rings (SSSR count). The van der Waals surface area contributed by atoms with E-state index in [1.54, 1.807) is 11.3 Å². The lowest BCUT2D eigenvalue weighted by Gasteiger charge is -2.38. The average molecular weight is 241 g/mol. The molecule has 1 aromatic heterocycles. The maximum atomic E-state index is 5.68. The molecule has 1 aliphatic rings. The molecule has 0 spiro atoms. The average Bonchev–Trinajstić information content (AvgIpc) is 2.77. The highest BCUT2D eigenvalue weighted by Crippen LogP contribution is 2.27. The van der Waals surface area contributed by atoms with E-state index in [2.05, 4.69) is 23.7 Å². The number of hydrogen-bond acceptors (Lipinski definition) is 5. The van der Waals surface area contributed by atoms with Crippen molar-refractivity contribution in [3.05, 3.63) is 11.1 Å². The van der Waals surface area contributed by atoms with Crippen LogP contribution in [-0.2, 0) is 11.3 Å². The van der Waals surface area contributed by atoms with Gasteiger partial charge < -0.3 is 15.4 Å². The van der Waals surface area contributed by atoms with Crippen LogP contribution >= 0.6 is 11.3 Å².